The first kappa shape index (κ1) is 11.0. The summed E-state index contributed by atoms with van der Waals surface area (Å²) in [7, 11) is 0. The van der Waals surface area contributed by atoms with E-state index in [2.05, 4.69) is 0 Å². The largest absolute Gasteiger partial charge is 0.458 e. The third kappa shape index (κ3) is 1.89. The van der Waals surface area contributed by atoms with Crippen molar-refractivity contribution in [3.63, 3.8) is 0 Å². The van der Waals surface area contributed by atoms with Crippen LogP contribution in [0.1, 0.15) is 23.2 Å². The van der Waals surface area contributed by atoms with Crippen molar-refractivity contribution in [3.05, 3.63) is 46.9 Å². The summed E-state index contributed by atoms with van der Waals surface area (Å²) in [5.41, 5.74) is 1.80. The SMILES string of the molecule is CCc1oc(C=O)cc1-c1ccccc1Cl. The highest BCUT2D eigenvalue weighted by Crippen LogP contribution is 2.32. The summed E-state index contributed by atoms with van der Waals surface area (Å²) in [6, 6.07) is 9.25. The predicted octanol–water partition coefficient (Wildman–Crippen LogP) is 3.97. The van der Waals surface area contributed by atoms with E-state index in [-0.39, 0.29) is 0 Å². The van der Waals surface area contributed by atoms with Gasteiger partial charge >= 0.3 is 0 Å². The number of aryl methyl sites for hydroxylation is 1. The summed E-state index contributed by atoms with van der Waals surface area (Å²) in [6.07, 6.45) is 1.44. The lowest BCUT2D eigenvalue weighted by Crippen LogP contribution is -1.82. The fourth-order valence-corrected chi connectivity index (χ4v) is 1.92. The van der Waals surface area contributed by atoms with Crippen LogP contribution < -0.4 is 0 Å². The molecule has 1 aromatic heterocycles. The van der Waals surface area contributed by atoms with Crippen LogP contribution in [-0.2, 0) is 6.42 Å². The zero-order valence-corrected chi connectivity index (χ0v) is 9.62. The number of carbonyl (C=O) groups is 1. The Morgan fingerprint density at radius 1 is 1.31 bits per heavy atom. The average Bonchev–Trinajstić information content (AvgIpc) is 2.72. The summed E-state index contributed by atoms with van der Waals surface area (Å²) in [5, 5.41) is 0.662. The quantitative estimate of drug-likeness (QED) is 0.752. The summed E-state index contributed by atoms with van der Waals surface area (Å²) in [4.78, 5) is 10.7. The maximum absolute atomic E-state index is 10.7. The molecule has 0 aliphatic rings. The molecule has 0 atom stereocenters. The number of carbonyl (C=O) groups excluding carboxylic acids is 1. The van der Waals surface area contributed by atoms with Gasteiger partial charge in [0.05, 0.1) is 0 Å². The van der Waals surface area contributed by atoms with Crippen molar-refractivity contribution in [3.8, 4) is 11.1 Å². The molecule has 0 saturated carbocycles. The van der Waals surface area contributed by atoms with Gasteiger partial charge in [0, 0.05) is 22.6 Å². The van der Waals surface area contributed by atoms with Crippen molar-refractivity contribution < 1.29 is 9.21 Å². The maximum atomic E-state index is 10.7. The molecule has 0 aliphatic carbocycles. The molecule has 0 aliphatic heterocycles. The van der Waals surface area contributed by atoms with E-state index in [9.17, 15) is 4.79 Å². The normalized spacial score (nSPS) is 10.4. The fraction of sp³-hybridized carbons (Fsp3) is 0.154. The topological polar surface area (TPSA) is 30.2 Å². The highest BCUT2D eigenvalue weighted by molar-refractivity contribution is 6.33. The Labute approximate surface area is 98.8 Å². The molecule has 3 heteroatoms. The molecular formula is C13H11ClO2. The molecule has 0 amide bonds. The molecule has 1 aromatic carbocycles. The van der Waals surface area contributed by atoms with E-state index < -0.39 is 0 Å². The third-order valence-electron chi connectivity index (χ3n) is 2.43. The highest BCUT2D eigenvalue weighted by Gasteiger charge is 2.13. The first-order valence-electron chi connectivity index (χ1n) is 5.09. The molecule has 2 aromatic rings. The Balaban J connectivity index is 2.59. The van der Waals surface area contributed by atoms with E-state index in [4.69, 9.17) is 16.0 Å². The second-order valence-electron chi connectivity index (χ2n) is 3.44. The predicted molar refractivity (Wildman–Crippen MR) is 63.9 cm³/mol. The lowest BCUT2D eigenvalue weighted by atomic mass is 10.1. The van der Waals surface area contributed by atoms with Gasteiger partial charge in [0.1, 0.15) is 5.76 Å². The van der Waals surface area contributed by atoms with E-state index in [1.807, 2.05) is 31.2 Å². The van der Waals surface area contributed by atoms with Crippen LogP contribution in [0.2, 0.25) is 5.02 Å². The smallest absolute Gasteiger partial charge is 0.185 e. The summed E-state index contributed by atoms with van der Waals surface area (Å²) in [6.45, 7) is 1.98. The molecule has 2 rings (SSSR count). The van der Waals surface area contributed by atoms with Gasteiger partial charge < -0.3 is 4.42 Å². The van der Waals surface area contributed by atoms with Gasteiger partial charge in [-0.15, -0.1) is 0 Å². The van der Waals surface area contributed by atoms with Crippen LogP contribution in [0.3, 0.4) is 0 Å². The molecule has 0 saturated heterocycles. The molecule has 2 nitrogen and oxygen atoms in total. The van der Waals surface area contributed by atoms with Gasteiger partial charge in [-0.05, 0) is 12.1 Å². The molecule has 0 spiro atoms. The molecule has 0 fully saturated rings. The van der Waals surface area contributed by atoms with Crippen LogP contribution in [0.15, 0.2) is 34.7 Å². The number of rotatable bonds is 3. The van der Waals surface area contributed by atoms with Gasteiger partial charge in [-0.2, -0.15) is 0 Å². The second kappa shape index (κ2) is 4.54. The summed E-state index contributed by atoms with van der Waals surface area (Å²) >= 11 is 6.11. The number of aldehydes is 1. The number of furan rings is 1. The van der Waals surface area contributed by atoms with Crippen molar-refractivity contribution in [2.24, 2.45) is 0 Å². The van der Waals surface area contributed by atoms with Crippen LogP contribution >= 0.6 is 11.6 Å². The van der Waals surface area contributed by atoms with Crippen LogP contribution in [0.4, 0.5) is 0 Å². The summed E-state index contributed by atoms with van der Waals surface area (Å²) < 4.78 is 5.40. The van der Waals surface area contributed by atoms with Gasteiger partial charge in [0.2, 0.25) is 0 Å². The van der Waals surface area contributed by atoms with E-state index in [1.165, 1.54) is 0 Å². The number of hydrogen-bond acceptors (Lipinski definition) is 2. The number of hydrogen-bond donors (Lipinski definition) is 0. The minimum Gasteiger partial charge on any atom is -0.458 e. The Morgan fingerprint density at radius 3 is 2.69 bits per heavy atom. The van der Waals surface area contributed by atoms with E-state index >= 15 is 0 Å². The van der Waals surface area contributed by atoms with Gasteiger partial charge in [-0.1, -0.05) is 36.7 Å². The van der Waals surface area contributed by atoms with E-state index in [0.29, 0.717) is 17.1 Å². The van der Waals surface area contributed by atoms with E-state index in [1.54, 1.807) is 6.07 Å². The molecule has 1 heterocycles. The third-order valence-corrected chi connectivity index (χ3v) is 2.76. The van der Waals surface area contributed by atoms with Crippen LogP contribution in [0.5, 0.6) is 0 Å². The maximum Gasteiger partial charge on any atom is 0.185 e. The van der Waals surface area contributed by atoms with Gasteiger partial charge in [0.15, 0.2) is 12.0 Å². The Morgan fingerprint density at radius 2 is 2.06 bits per heavy atom. The second-order valence-corrected chi connectivity index (χ2v) is 3.84. The molecule has 16 heavy (non-hydrogen) atoms. The minimum atomic E-state index is 0.340. The molecule has 0 N–H and O–H groups in total. The minimum absolute atomic E-state index is 0.340. The van der Waals surface area contributed by atoms with Gasteiger partial charge in [-0.25, -0.2) is 0 Å². The fourth-order valence-electron chi connectivity index (χ4n) is 1.68. The lowest BCUT2D eigenvalue weighted by Gasteiger charge is -2.02. The van der Waals surface area contributed by atoms with E-state index in [0.717, 1.165) is 23.3 Å². The van der Waals surface area contributed by atoms with Crippen LogP contribution in [0, 0.1) is 0 Å². The van der Waals surface area contributed by atoms with Crippen molar-refractivity contribution >= 4 is 17.9 Å². The van der Waals surface area contributed by atoms with Crippen molar-refractivity contribution in [2.75, 3.05) is 0 Å². The molecule has 0 bridgehead atoms. The summed E-state index contributed by atoms with van der Waals surface area (Å²) in [5.74, 6) is 1.13. The van der Waals surface area contributed by atoms with Crippen molar-refractivity contribution in [1.29, 1.82) is 0 Å². The zero-order valence-electron chi connectivity index (χ0n) is 8.87. The van der Waals surface area contributed by atoms with Crippen molar-refractivity contribution in [1.82, 2.24) is 0 Å². The molecular weight excluding hydrogens is 224 g/mol. The van der Waals surface area contributed by atoms with Crippen LogP contribution in [-0.4, -0.2) is 6.29 Å². The Hall–Kier alpha value is -1.54. The first-order chi connectivity index (χ1) is 7.76. The number of halogens is 1. The van der Waals surface area contributed by atoms with Crippen LogP contribution in [0.25, 0.3) is 11.1 Å². The monoisotopic (exact) mass is 234 g/mol. The first-order valence-corrected chi connectivity index (χ1v) is 5.46. The van der Waals surface area contributed by atoms with Gasteiger partial charge in [-0.3, -0.25) is 4.79 Å². The highest BCUT2D eigenvalue weighted by atomic mass is 35.5. The zero-order chi connectivity index (χ0) is 11.5. The lowest BCUT2D eigenvalue weighted by molar-refractivity contribution is 0.109. The Bertz CT molecular complexity index is 514. The van der Waals surface area contributed by atoms with Crippen molar-refractivity contribution in [2.45, 2.75) is 13.3 Å². The molecule has 82 valence electrons. The number of benzene rings is 1. The Kier molecular flexibility index (Phi) is 3.11. The standard InChI is InChI=1S/C13H11ClO2/c1-2-13-11(7-9(8-15)16-13)10-5-3-4-6-12(10)14/h3-8H,2H2,1H3. The molecule has 0 unspecified atom stereocenters. The average molecular weight is 235 g/mol. The van der Waals surface area contributed by atoms with Gasteiger partial charge in [0.25, 0.3) is 0 Å². The molecule has 0 radical (unpaired) electrons.